The van der Waals surface area contributed by atoms with Crippen molar-refractivity contribution in [2.24, 2.45) is 0 Å². The number of hydrogen-bond donors (Lipinski definition) is 0. The van der Waals surface area contributed by atoms with E-state index in [4.69, 9.17) is 4.42 Å². The molecule has 2 aromatic rings. The molecule has 0 aliphatic heterocycles. The maximum absolute atomic E-state index is 12.4. The van der Waals surface area contributed by atoms with Gasteiger partial charge in [0.2, 0.25) is 11.6 Å². The van der Waals surface area contributed by atoms with Gasteiger partial charge < -0.3 is 4.42 Å². The van der Waals surface area contributed by atoms with E-state index in [0.717, 1.165) is 0 Å². The number of fused-ring (bicyclic) bond motifs is 2. The first-order valence-corrected chi connectivity index (χ1v) is 5.71. The van der Waals surface area contributed by atoms with Gasteiger partial charge in [-0.3, -0.25) is 19.4 Å². The summed E-state index contributed by atoms with van der Waals surface area (Å²) >= 11 is 0. The van der Waals surface area contributed by atoms with Gasteiger partial charge in [-0.25, -0.2) is 0 Å². The lowest BCUT2D eigenvalue weighted by atomic mass is 9.89. The number of carbonyl (C=O) groups is 3. The van der Waals surface area contributed by atoms with E-state index in [-0.39, 0.29) is 39.7 Å². The Morgan fingerprint density at radius 3 is 2.68 bits per heavy atom. The summed E-state index contributed by atoms with van der Waals surface area (Å²) in [6.07, 6.45) is 1.44. The normalized spacial score (nSPS) is 13.2. The summed E-state index contributed by atoms with van der Waals surface area (Å²) in [5, 5.41) is 0. The Morgan fingerprint density at radius 2 is 2.00 bits per heavy atom. The fraction of sp³-hybridized carbons (Fsp3) is 0.143. The third-order valence-corrected chi connectivity index (χ3v) is 3.14. The van der Waals surface area contributed by atoms with Crippen LogP contribution < -0.4 is 0 Å². The van der Waals surface area contributed by atoms with Crippen LogP contribution in [-0.4, -0.2) is 22.3 Å². The van der Waals surface area contributed by atoms with Crippen LogP contribution >= 0.6 is 0 Å². The molecular formula is C14H9NO4. The molecule has 0 spiro atoms. The smallest absolute Gasteiger partial charge is 0.231 e. The summed E-state index contributed by atoms with van der Waals surface area (Å²) in [5.74, 6) is -0.927. The summed E-state index contributed by atoms with van der Waals surface area (Å²) in [6.45, 7) is 2.90. The molecule has 0 aromatic carbocycles. The van der Waals surface area contributed by atoms with Crippen molar-refractivity contribution in [3.63, 3.8) is 0 Å². The average molecular weight is 255 g/mol. The summed E-state index contributed by atoms with van der Waals surface area (Å²) in [5.41, 5.74) is 0.498. The van der Waals surface area contributed by atoms with E-state index in [1.54, 1.807) is 13.0 Å². The predicted molar refractivity (Wildman–Crippen MR) is 64.6 cm³/mol. The Hall–Kier alpha value is -2.56. The van der Waals surface area contributed by atoms with Crippen LogP contribution in [0.1, 0.15) is 55.2 Å². The van der Waals surface area contributed by atoms with Crippen molar-refractivity contribution in [3.05, 3.63) is 52.2 Å². The number of Topliss-reactive ketones (excluding diaryl/α,β-unsaturated/α-hetero) is 1. The van der Waals surface area contributed by atoms with Crippen LogP contribution in [0.4, 0.5) is 0 Å². The fourth-order valence-corrected chi connectivity index (χ4v) is 2.36. The lowest BCUT2D eigenvalue weighted by Crippen LogP contribution is -2.22. The first-order valence-electron chi connectivity index (χ1n) is 5.71. The molecule has 2 heterocycles. The van der Waals surface area contributed by atoms with Crippen LogP contribution in [0.15, 0.2) is 22.7 Å². The minimum Gasteiger partial charge on any atom is -0.456 e. The van der Waals surface area contributed by atoms with Crippen LogP contribution in [0, 0.1) is 6.92 Å². The Kier molecular flexibility index (Phi) is 2.25. The third kappa shape index (κ3) is 1.41. The zero-order valence-corrected chi connectivity index (χ0v) is 10.3. The van der Waals surface area contributed by atoms with Crippen molar-refractivity contribution < 1.29 is 18.8 Å². The number of nitrogens with zero attached hydrogens (tertiary/aromatic N) is 1. The minimum atomic E-state index is -0.438. The Balaban J connectivity index is 2.37. The molecular weight excluding hydrogens is 246 g/mol. The van der Waals surface area contributed by atoms with Crippen molar-refractivity contribution in [1.29, 1.82) is 0 Å². The van der Waals surface area contributed by atoms with Crippen molar-refractivity contribution in [2.45, 2.75) is 13.8 Å². The highest BCUT2D eigenvalue weighted by molar-refractivity contribution is 6.29. The molecule has 1 aliphatic rings. The maximum atomic E-state index is 12.4. The van der Waals surface area contributed by atoms with Gasteiger partial charge in [-0.2, -0.15) is 0 Å². The number of pyridine rings is 1. The van der Waals surface area contributed by atoms with Gasteiger partial charge in [0.05, 0.1) is 16.7 Å². The lowest BCUT2D eigenvalue weighted by molar-refractivity contribution is 0.0953. The average Bonchev–Trinajstić information content (AvgIpc) is 2.74. The van der Waals surface area contributed by atoms with Crippen molar-refractivity contribution in [2.75, 3.05) is 0 Å². The molecule has 94 valence electrons. The van der Waals surface area contributed by atoms with E-state index < -0.39 is 11.6 Å². The molecule has 0 saturated heterocycles. The molecule has 0 bridgehead atoms. The van der Waals surface area contributed by atoms with Gasteiger partial charge in [-0.1, -0.05) is 0 Å². The molecule has 2 aromatic heterocycles. The zero-order chi connectivity index (χ0) is 13.7. The number of carbonyl (C=O) groups excluding carboxylic acids is 3. The molecule has 0 radical (unpaired) electrons. The van der Waals surface area contributed by atoms with Crippen molar-refractivity contribution in [3.8, 4) is 0 Å². The van der Waals surface area contributed by atoms with Crippen LogP contribution in [-0.2, 0) is 0 Å². The molecule has 0 saturated carbocycles. The third-order valence-electron chi connectivity index (χ3n) is 3.14. The quantitative estimate of drug-likeness (QED) is 0.621. The van der Waals surface area contributed by atoms with E-state index in [1.807, 2.05) is 0 Å². The molecule has 0 amide bonds. The van der Waals surface area contributed by atoms with E-state index in [0.29, 0.717) is 0 Å². The number of ketones is 3. The monoisotopic (exact) mass is 255 g/mol. The zero-order valence-electron chi connectivity index (χ0n) is 10.3. The van der Waals surface area contributed by atoms with Gasteiger partial charge >= 0.3 is 0 Å². The highest BCUT2D eigenvalue weighted by Crippen LogP contribution is 2.32. The number of rotatable bonds is 1. The van der Waals surface area contributed by atoms with E-state index in [2.05, 4.69) is 4.98 Å². The largest absolute Gasteiger partial charge is 0.456 e. The van der Waals surface area contributed by atoms with Gasteiger partial charge in [0.1, 0.15) is 11.5 Å². The van der Waals surface area contributed by atoms with E-state index in [1.165, 1.54) is 19.2 Å². The van der Waals surface area contributed by atoms with Gasteiger partial charge in [-0.15, -0.1) is 0 Å². The molecule has 3 rings (SSSR count). The van der Waals surface area contributed by atoms with E-state index in [9.17, 15) is 14.4 Å². The Bertz CT molecular complexity index is 755. The molecule has 5 heteroatoms. The number of furan rings is 1. The first-order chi connectivity index (χ1) is 9.02. The summed E-state index contributed by atoms with van der Waals surface area (Å²) in [7, 11) is 0. The van der Waals surface area contributed by atoms with Crippen LogP contribution in [0.5, 0.6) is 0 Å². The summed E-state index contributed by atoms with van der Waals surface area (Å²) in [6, 6.07) is 3.10. The Labute approximate surface area is 108 Å². The van der Waals surface area contributed by atoms with Crippen molar-refractivity contribution >= 4 is 17.3 Å². The lowest BCUT2D eigenvalue weighted by Gasteiger charge is -2.11. The standard InChI is InChI=1S/C14H9NO4/c1-6(16)9-7(2)19-14-10(9)13(18)11-8(12(14)17)4-3-5-15-11/h3-5H,1-2H3. The molecule has 0 unspecified atom stereocenters. The molecule has 0 N–H and O–H groups in total. The fourth-order valence-electron chi connectivity index (χ4n) is 2.36. The van der Waals surface area contributed by atoms with Gasteiger partial charge in [-0.05, 0) is 26.0 Å². The summed E-state index contributed by atoms with van der Waals surface area (Å²) < 4.78 is 5.32. The van der Waals surface area contributed by atoms with Crippen LogP contribution in [0.25, 0.3) is 0 Å². The minimum absolute atomic E-state index is 0.0428. The highest BCUT2D eigenvalue weighted by Gasteiger charge is 2.38. The maximum Gasteiger partial charge on any atom is 0.231 e. The predicted octanol–water partition coefficient (Wildman–Crippen LogP) is 1.96. The van der Waals surface area contributed by atoms with Gasteiger partial charge in [0.15, 0.2) is 11.5 Å². The summed E-state index contributed by atoms with van der Waals surface area (Å²) in [4.78, 5) is 40.2. The SMILES string of the molecule is CC(=O)c1c(C)oc2c1C(=O)c1ncccc1C2=O. The molecule has 1 aliphatic carbocycles. The molecule has 0 fully saturated rings. The highest BCUT2D eigenvalue weighted by atomic mass is 16.3. The Morgan fingerprint density at radius 1 is 1.26 bits per heavy atom. The van der Waals surface area contributed by atoms with Gasteiger partial charge in [0, 0.05) is 6.20 Å². The number of hydrogen-bond acceptors (Lipinski definition) is 5. The number of aromatic nitrogens is 1. The molecule has 19 heavy (non-hydrogen) atoms. The first kappa shape index (κ1) is 11.5. The van der Waals surface area contributed by atoms with Gasteiger partial charge in [0.25, 0.3) is 0 Å². The molecule has 0 atom stereocenters. The second kappa shape index (κ2) is 3.71. The van der Waals surface area contributed by atoms with Crippen molar-refractivity contribution in [1.82, 2.24) is 4.98 Å². The topological polar surface area (TPSA) is 77.2 Å². The second-order valence-electron chi connectivity index (χ2n) is 4.35. The van der Waals surface area contributed by atoms with E-state index >= 15 is 0 Å². The number of aryl methyl sites for hydroxylation is 1. The molecule has 5 nitrogen and oxygen atoms in total. The van der Waals surface area contributed by atoms with Crippen LogP contribution in [0.3, 0.4) is 0 Å². The van der Waals surface area contributed by atoms with Crippen LogP contribution in [0.2, 0.25) is 0 Å². The second-order valence-corrected chi connectivity index (χ2v) is 4.35.